The summed E-state index contributed by atoms with van der Waals surface area (Å²) in [6, 6.07) is 0. The van der Waals surface area contributed by atoms with Crippen molar-refractivity contribution in [2.45, 2.75) is 45.6 Å². The molecule has 2 fully saturated rings. The zero-order valence-corrected chi connectivity index (χ0v) is 15.3. The van der Waals surface area contributed by atoms with Gasteiger partial charge in [-0.2, -0.15) is 0 Å². The van der Waals surface area contributed by atoms with Crippen LogP contribution in [0.3, 0.4) is 0 Å². The molecule has 138 valence electrons. The highest BCUT2D eigenvalue weighted by atomic mass is 16.5. The average molecular weight is 340 g/mol. The first-order chi connectivity index (χ1) is 11.5. The van der Waals surface area contributed by atoms with Crippen molar-refractivity contribution in [1.29, 1.82) is 0 Å². The summed E-state index contributed by atoms with van der Waals surface area (Å²) in [4.78, 5) is 28.2. The van der Waals surface area contributed by atoms with Crippen molar-refractivity contribution in [2.24, 2.45) is 11.8 Å². The minimum absolute atomic E-state index is 0.163. The molecule has 6 heteroatoms. The highest BCUT2D eigenvalue weighted by molar-refractivity contribution is 5.78. The number of esters is 1. The molecule has 0 aromatic rings. The third-order valence-corrected chi connectivity index (χ3v) is 4.93. The third kappa shape index (κ3) is 6.06. The lowest BCUT2D eigenvalue weighted by Gasteiger charge is -2.36. The Hall–Kier alpha value is -1.14. The molecule has 0 spiro atoms. The van der Waals surface area contributed by atoms with E-state index in [0.717, 1.165) is 32.5 Å². The Morgan fingerprint density at radius 2 is 1.96 bits per heavy atom. The van der Waals surface area contributed by atoms with Gasteiger partial charge in [0.25, 0.3) is 0 Å². The number of carbonyl (C=O) groups is 2. The number of methoxy groups -OCH3 is 1. The summed E-state index contributed by atoms with van der Waals surface area (Å²) >= 11 is 0. The van der Waals surface area contributed by atoms with Gasteiger partial charge < -0.3 is 14.4 Å². The predicted molar refractivity (Wildman–Crippen MR) is 91.6 cm³/mol. The summed E-state index contributed by atoms with van der Waals surface area (Å²) in [5, 5.41) is 0. The zero-order chi connectivity index (χ0) is 17.5. The molecule has 3 atom stereocenters. The maximum absolute atomic E-state index is 12.7. The molecule has 0 bridgehead atoms. The van der Waals surface area contributed by atoms with Crippen molar-refractivity contribution in [3.63, 3.8) is 0 Å². The van der Waals surface area contributed by atoms with Crippen molar-refractivity contribution in [3.05, 3.63) is 0 Å². The van der Waals surface area contributed by atoms with Crippen LogP contribution in [0.1, 0.15) is 39.5 Å². The lowest BCUT2D eigenvalue weighted by atomic mass is 9.92. The zero-order valence-electron chi connectivity index (χ0n) is 15.3. The summed E-state index contributed by atoms with van der Waals surface area (Å²) in [6.45, 7) is 8.50. The van der Waals surface area contributed by atoms with Gasteiger partial charge in [0.15, 0.2) is 0 Å². The van der Waals surface area contributed by atoms with E-state index in [1.165, 1.54) is 13.5 Å². The molecule has 24 heavy (non-hydrogen) atoms. The van der Waals surface area contributed by atoms with Crippen molar-refractivity contribution >= 4 is 11.9 Å². The van der Waals surface area contributed by atoms with Gasteiger partial charge >= 0.3 is 5.97 Å². The Bertz CT molecular complexity index is 413. The molecule has 0 radical (unpaired) electrons. The van der Waals surface area contributed by atoms with Gasteiger partial charge in [0, 0.05) is 32.8 Å². The number of piperidine rings is 1. The van der Waals surface area contributed by atoms with Gasteiger partial charge in [-0.25, -0.2) is 0 Å². The van der Waals surface area contributed by atoms with Crippen molar-refractivity contribution < 1.29 is 19.1 Å². The van der Waals surface area contributed by atoms with E-state index >= 15 is 0 Å². The molecule has 0 N–H and O–H groups in total. The molecule has 0 saturated carbocycles. The Morgan fingerprint density at radius 3 is 2.54 bits per heavy atom. The van der Waals surface area contributed by atoms with E-state index in [4.69, 9.17) is 9.47 Å². The fourth-order valence-electron chi connectivity index (χ4n) is 3.82. The lowest BCUT2D eigenvalue weighted by molar-refractivity contribution is -0.142. The topological polar surface area (TPSA) is 59.1 Å². The molecule has 0 aliphatic carbocycles. The van der Waals surface area contributed by atoms with E-state index in [2.05, 4.69) is 18.7 Å². The number of hydrogen-bond donors (Lipinski definition) is 0. The van der Waals surface area contributed by atoms with Crippen LogP contribution in [0.15, 0.2) is 0 Å². The Morgan fingerprint density at radius 1 is 1.25 bits per heavy atom. The van der Waals surface area contributed by atoms with E-state index in [1.54, 1.807) is 0 Å². The highest BCUT2D eigenvalue weighted by Crippen LogP contribution is 2.21. The summed E-state index contributed by atoms with van der Waals surface area (Å²) < 4.78 is 10.4. The molecule has 1 amide bonds. The first kappa shape index (κ1) is 19.2. The van der Waals surface area contributed by atoms with Crippen LogP contribution >= 0.6 is 0 Å². The normalized spacial score (nSPS) is 27.5. The molecule has 6 nitrogen and oxygen atoms in total. The molecule has 3 unspecified atom stereocenters. The van der Waals surface area contributed by atoms with Crippen LogP contribution in [0.2, 0.25) is 0 Å². The van der Waals surface area contributed by atoms with Gasteiger partial charge in [-0.3, -0.25) is 14.5 Å². The lowest BCUT2D eigenvalue weighted by Crippen LogP contribution is -2.48. The van der Waals surface area contributed by atoms with Gasteiger partial charge in [-0.15, -0.1) is 0 Å². The largest absolute Gasteiger partial charge is 0.469 e. The number of hydrogen-bond acceptors (Lipinski definition) is 5. The maximum atomic E-state index is 12.7. The summed E-state index contributed by atoms with van der Waals surface area (Å²) in [5.74, 6) is 1.04. The molecule has 2 saturated heterocycles. The van der Waals surface area contributed by atoms with Gasteiger partial charge in [0.05, 0.1) is 26.2 Å². The molecular formula is C18H32N2O4. The second kappa shape index (κ2) is 9.37. The van der Waals surface area contributed by atoms with Crippen LogP contribution in [0.25, 0.3) is 0 Å². The average Bonchev–Trinajstić information content (AvgIpc) is 3.04. The molecule has 2 heterocycles. The van der Waals surface area contributed by atoms with Crippen LogP contribution in [0, 0.1) is 11.8 Å². The number of likely N-dealkylation sites (tertiary alicyclic amines) is 1. The van der Waals surface area contributed by atoms with E-state index in [0.29, 0.717) is 37.9 Å². The Labute approximate surface area is 145 Å². The summed E-state index contributed by atoms with van der Waals surface area (Å²) in [6.07, 6.45) is 3.77. The minimum Gasteiger partial charge on any atom is -0.469 e. The molecule has 2 aliphatic rings. The second-order valence-corrected chi connectivity index (χ2v) is 7.44. The number of rotatable bonds is 7. The van der Waals surface area contributed by atoms with Crippen LogP contribution in [0.4, 0.5) is 0 Å². The SMILES string of the molecule is COC(=O)CCN(CC(=O)N1CC(C)CC(C)C1)CC1CCCO1. The molecule has 2 rings (SSSR count). The van der Waals surface area contributed by atoms with Crippen LogP contribution in [0.5, 0.6) is 0 Å². The van der Waals surface area contributed by atoms with Gasteiger partial charge in [-0.1, -0.05) is 13.8 Å². The standard InChI is InChI=1S/C18H32N2O4/c1-14-9-15(2)11-20(10-14)17(21)13-19(7-6-18(22)23-3)12-16-5-4-8-24-16/h14-16H,4-13H2,1-3H3. The number of carbonyl (C=O) groups excluding carboxylic acids is 2. The molecule has 0 aromatic carbocycles. The summed E-state index contributed by atoms with van der Waals surface area (Å²) in [7, 11) is 1.40. The monoisotopic (exact) mass is 340 g/mol. The fraction of sp³-hybridized carbons (Fsp3) is 0.889. The van der Waals surface area contributed by atoms with Crippen molar-refractivity contribution in [2.75, 3.05) is 46.4 Å². The quantitative estimate of drug-likeness (QED) is 0.658. The fourth-order valence-corrected chi connectivity index (χ4v) is 3.82. The number of ether oxygens (including phenoxy) is 2. The Kier molecular flexibility index (Phi) is 7.49. The number of amides is 1. The van der Waals surface area contributed by atoms with Crippen molar-refractivity contribution in [3.8, 4) is 0 Å². The first-order valence-electron chi connectivity index (χ1n) is 9.16. The first-order valence-corrected chi connectivity index (χ1v) is 9.16. The van der Waals surface area contributed by atoms with E-state index in [-0.39, 0.29) is 18.0 Å². The van der Waals surface area contributed by atoms with E-state index < -0.39 is 0 Å². The van der Waals surface area contributed by atoms with Crippen LogP contribution in [-0.2, 0) is 19.1 Å². The van der Waals surface area contributed by atoms with Crippen molar-refractivity contribution in [1.82, 2.24) is 9.80 Å². The Balaban J connectivity index is 1.89. The van der Waals surface area contributed by atoms with Crippen LogP contribution < -0.4 is 0 Å². The van der Waals surface area contributed by atoms with Crippen LogP contribution in [-0.4, -0.2) is 74.2 Å². The molecule has 0 aromatic heterocycles. The second-order valence-electron chi connectivity index (χ2n) is 7.44. The molecule has 2 aliphatic heterocycles. The predicted octanol–water partition coefficient (Wildman–Crippen LogP) is 1.53. The van der Waals surface area contributed by atoms with E-state index in [1.807, 2.05) is 4.90 Å². The molecular weight excluding hydrogens is 308 g/mol. The minimum atomic E-state index is -0.236. The van der Waals surface area contributed by atoms with Gasteiger partial charge in [0.2, 0.25) is 5.91 Å². The van der Waals surface area contributed by atoms with Gasteiger partial charge in [-0.05, 0) is 31.1 Å². The maximum Gasteiger partial charge on any atom is 0.306 e. The summed E-state index contributed by atoms with van der Waals surface area (Å²) in [5.41, 5.74) is 0. The van der Waals surface area contributed by atoms with E-state index in [9.17, 15) is 9.59 Å². The smallest absolute Gasteiger partial charge is 0.306 e. The number of nitrogens with zero attached hydrogens (tertiary/aromatic N) is 2. The third-order valence-electron chi connectivity index (χ3n) is 4.93. The highest BCUT2D eigenvalue weighted by Gasteiger charge is 2.28. The van der Waals surface area contributed by atoms with Gasteiger partial charge in [0.1, 0.15) is 0 Å².